The van der Waals surface area contributed by atoms with Gasteiger partial charge in [0.15, 0.2) is 0 Å². The highest BCUT2D eigenvalue weighted by molar-refractivity contribution is 5.85. The first kappa shape index (κ1) is 18.8. The Bertz CT molecular complexity index is 474. The lowest BCUT2D eigenvalue weighted by molar-refractivity contribution is -0.121. The number of nitrogens with one attached hydrogen (secondary N) is 2. The third-order valence-corrected chi connectivity index (χ3v) is 3.97. The van der Waals surface area contributed by atoms with Gasteiger partial charge in [-0.1, -0.05) is 12.1 Å². The van der Waals surface area contributed by atoms with Crippen LogP contribution in [0.1, 0.15) is 30.4 Å². The van der Waals surface area contributed by atoms with Crippen LogP contribution in [0.2, 0.25) is 0 Å². The first-order chi connectivity index (χ1) is 10.1. The molecule has 1 heterocycles. The normalized spacial score (nSPS) is 16.9. The Hall–Kier alpha value is -1.26. The quantitative estimate of drug-likeness (QED) is 0.810. The highest BCUT2D eigenvalue weighted by atomic mass is 35.5. The number of amides is 1. The molecule has 1 atom stereocenters. The lowest BCUT2D eigenvalue weighted by atomic mass is 10.1. The molecule has 0 aliphatic carbocycles. The number of carbonyl (C=O) groups is 1. The number of aryl methyl sites for hydroxylation is 2. The molecule has 22 heavy (non-hydrogen) atoms. The Kier molecular flexibility index (Phi) is 8.28. The van der Waals surface area contributed by atoms with Crippen molar-refractivity contribution in [3.8, 4) is 5.75 Å². The number of carbonyl (C=O) groups excluding carboxylic acids is 1. The number of halogens is 1. The zero-order valence-corrected chi connectivity index (χ0v) is 14.3. The van der Waals surface area contributed by atoms with Crippen molar-refractivity contribution in [2.24, 2.45) is 5.92 Å². The molecule has 0 aromatic heterocycles. The third kappa shape index (κ3) is 6.24. The summed E-state index contributed by atoms with van der Waals surface area (Å²) in [5.74, 6) is 1.67. The second-order valence-corrected chi connectivity index (χ2v) is 5.86. The Morgan fingerprint density at radius 2 is 2.23 bits per heavy atom. The molecule has 1 unspecified atom stereocenters. The van der Waals surface area contributed by atoms with E-state index in [-0.39, 0.29) is 18.3 Å². The van der Waals surface area contributed by atoms with Gasteiger partial charge in [-0.2, -0.15) is 0 Å². The van der Waals surface area contributed by atoms with E-state index in [1.807, 2.05) is 26.0 Å². The highest BCUT2D eigenvalue weighted by Crippen LogP contribution is 2.19. The largest absolute Gasteiger partial charge is 0.493 e. The molecule has 0 radical (unpaired) electrons. The van der Waals surface area contributed by atoms with Crippen LogP contribution in [0, 0.1) is 19.8 Å². The summed E-state index contributed by atoms with van der Waals surface area (Å²) in [6.07, 6.45) is 2.71. The summed E-state index contributed by atoms with van der Waals surface area (Å²) in [7, 11) is 0. The third-order valence-electron chi connectivity index (χ3n) is 3.97. The van der Waals surface area contributed by atoms with E-state index in [9.17, 15) is 4.79 Å². The number of rotatable bonds is 7. The van der Waals surface area contributed by atoms with Crippen molar-refractivity contribution in [1.82, 2.24) is 10.6 Å². The van der Waals surface area contributed by atoms with Gasteiger partial charge in [0.2, 0.25) is 5.91 Å². The van der Waals surface area contributed by atoms with E-state index in [0.717, 1.165) is 43.3 Å². The number of ether oxygens (including phenoxy) is 1. The summed E-state index contributed by atoms with van der Waals surface area (Å²) in [5.41, 5.74) is 2.28. The van der Waals surface area contributed by atoms with Gasteiger partial charge < -0.3 is 15.4 Å². The van der Waals surface area contributed by atoms with Crippen LogP contribution in [-0.2, 0) is 4.79 Å². The average molecular weight is 327 g/mol. The molecule has 1 aliphatic rings. The summed E-state index contributed by atoms with van der Waals surface area (Å²) in [6, 6.07) is 6.12. The second-order valence-electron chi connectivity index (χ2n) is 5.86. The van der Waals surface area contributed by atoms with Gasteiger partial charge in [0.05, 0.1) is 13.0 Å². The molecule has 0 spiro atoms. The van der Waals surface area contributed by atoms with Crippen LogP contribution in [0.25, 0.3) is 0 Å². The molecule has 1 amide bonds. The minimum Gasteiger partial charge on any atom is -0.493 e. The van der Waals surface area contributed by atoms with Crippen molar-refractivity contribution in [3.63, 3.8) is 0 Å². The molecule has 1 fully saturated rings. The smallest absolute Gasteiger partial charge is 0.223 e. The zero-order chi connectivity index (χ0) is 15.1. The standard InChI is InChI=1S/C17H26N2O2.ClH/c1-13-3-4-14(2)16(11-13)21-10-7-17(20)19-9-6-15-5-8-18-12-15;/h3-4,11,15,18H,5-10,12H2,1-2H3,(H,19,20);1H. The maximum Gasteiger partial charge on any atom is 0.223 e. The van der Waals surface area contributed by atoms with E-state index in [1.54, 1.807) is 0 Å². The van der Waals surface area contributed by atoms with Gasteiger partial charge in [-0.25, -0.2) is 0 Å². The van der Waals surface area contributed by atoms with Gasteiger partial charge in [-0.15, -0.1) is 12.4 Å². The fourth-order valence-electron chi connectivity index (χ4n) is 2.58. The summed E-state index contributed by atoms with van der Waals surface area (Å²) < 4.78 is 5.70. The lowest BCUT2D eigenvalue weighted by Gasteiger charge is -2.11. The van der Waals surface area contributed by atoms with Gasteiger partial charge in [0.25, 0.3) is 0 Å². The molecule has 5 heteroatoms. The minimum absolute atomic E-state index is 0. The van der Waals surface area contributed by atoms with Crippen LogP contribution in [-0.4, -0.2) is 32.1 Å². The van der Waals surface area contributed by atoms with Gasteiger partial charge >= 0.3 is 0 Å². The second kappa shape index (κ2) is 9.70. The molecule has 1 aromatic carbocycles. The first-order valence-electron chi connectivity index (χ1n) is 7.82. The van der Waals surface area contributed by atoms with Crippen molar-refractivity contribution in [2.45, 2.75) is 33.1 Å². The number of hydrogen-bond donors (Lipinski definition) is 2. The zero-order valence-electron chi connectivity index (χ0n) is 13.5. The van der Waals surface area contributed by atoms with Gasteiger partial charge in [0.1, 0.15) is 5.75 Å². The molecule has 2 rings (SSSR count). The molecule has 1 aromatic rings. The van der Waals surface area contributed by atoms with Crippen molar-refractivity contribution < 1.29 is 9.53 Å². The summed E-state index contributed by atoms with van der Waals surface area (Å²) in [5, 5.41) is 6.32. The fraction of sp³-hybridized carbons (Fsp3) is 0.588. The Labute approximate surface area is 139 Å². The fourth-order valence-corrected chi connectivity index (χ4v) is 2.58. The van der Waals surface area contributed by atoms with Crippen molar-refractivity contribution in [1.29, 1.82) is 0 Å². The Morgan fingerprint density at radius 1 is 1.41 bits per heavy atom. The van der Waals surface area contributed by atoms with Crippen LogP contribution in [0.4, 0.5) is 0 Å². The lowest BCUT2D eigenvalue weighted by Crippen LogP contribution is -2.27. The van der Waals surface area contributed by atoms with Crippen molar-refractivity contribution >= 4 is 18.3 Å². The van der Waals surface area contributed by atoms with Gasteiger partial charge in [-0.3, -0.25) is 4.79 Å². The van der Waals surface area contributed by atoms with E-state index in [0.29, 0.717) is 13.0 Å². The predicted octanol–water partition coefficient (Wildman–Crippen LogP) is 2.61. The number of hydrogen-bond acceptors (Lipinski definition) is 3. The Balaban J connectivity index is 0.00000242. The van der Waals surface area contributed by atoms with E-state index >= 15 is 0 Å². The average Bonchev–Trinajstić information content (AvgIpc) is 2.96. The molecule has 124 valence electrons. The molecule has 2 N–H and O–H groups in total. The highest BCUT2D eigenvalue weighted by Gasteiger charge is 2.14. The monoisotopic (exact) mass is 326 g/mol. The SMILES string of the molecule is Cc1ccc(C)c(OCCC(=O)NCCC2CCNC2)c1.Cl. The molecule has 0 saturated carbocycles. The summed E-state index contributed by atoms with van der Waals surface area (Å²) >= 11 is 0. The van der Waals surface area contributed by atoms with Crippen LogP contribution < -0.4 is 15.4 Å². The van der Waals surface area contributed by atoms with Crippen LogP contribution in [0.3, 0.4) is 0 Å². The van der Waals surface area contributed by atoms with Crippen molar-refractivity contribution in [3.05, 3.63) is 29.3 Å². The predicted molar refractivity (Wildman–Crippen MR) is 91.9 cm³/mol. The van der Waals surface area contributed by atoms with Gasteiger partial charge in [0, 0.05) is 6.54 Å². The van der Waals surface area contributed by atoms with Crippen LogP contribution >= 0.6 is 12.4 Å². The van der Waals surface area contributed by atoms with E-state index < -0.39 is 0 Å². The van der Waals surface area contributed by atoms with Gasteiger partial charge in [-0.05, 0) is 62.9 Å². The molecular weight excluding hydrogens is 300 g/mol. The maximum atomic E-state index is 11.8. The topological polar surface area (TPSA) is 50.4 Å². The molecule has 4 nitrogen and oxygen atoms in total. The van der Waals surface area contributed by atoms with E-state index in [2.05, 4.69) is 16.7 Å². The minimum atomic E-state index is 0. The Morgan fingerprint density at radius 3 is 2.95 bits per heavy atom. The van der Waals surface area contributed by atoms with Crippen LogP contribution in [0.5, 0.6) is 5.75 Å². The van der Waals surface area contributed by atoms with Crippen LogP contribution in [0.15, 0.2) is 18.2 Å². The molecule has 0 bridgehead atoms. The first-order valence-corrected chi connectivity index (χ1v) is 7.82. The van der Waals surface area contributed by atoms with E-state index in [4.69, 9.17) is 4.74 Å². The van der Waals surface area contributed by atoms with E-state index in [1.165, 1.54) is 12.0 Å². The summed E-state index contributed by atoms with van der Waals surface area (Å²) in [6.45, 7) is 7.46. The molecule has 1 saturated heterocycles. The molecular formula is C17H27ClN2O2. The maximum absolute atomic E-state index is 11.8. The van der Waals surface area contributed by atoms with Crippen molar-refractivity contribution in [2.75, 3.05) is 26.2 Å². The number of benzene rings is 1. The summed E-state index contributed by atoms with van der Waals surface area (Å²) in [4.78, 5) is 11.8. The molecule has 1 aliphatic heterocycles.